The van der Waals surface area contributed by atoms with E-state index in [-0.39, 0.29) is 0 Å². The summed E-state index contributed by atoms with van der Waals surface area (Å²) >= 11 is 6.03. The van der Waals surface area contributed by atoms with Crippen molar-refractivity contribution in [1.29, 1.82) is 0 Å². The summed E-state index contributed by atoms with van der Waals surface area (Å²) in [6, 6.07) is 10.9. The molecule has 5 heteroatoms. The van der Waals surface area contributed by atoms with Crippen LogP contribution in [0.2, 0.25) is 5.02 Å². The quantitative estimate of drug-likeness (QED) is 0.936. The zero-order valence-corrected chi connectivity index (χ0v) is 11.2. The van der Waals surface area contributed by atoms with E-state index in [0.29, 0.717) is 22.2 Å². The fraction of sp³-hybridized carbons (Fsp3) is 0.154. The minimum atomic E-state index is -1.19. The molecule has 0 aliphatic heterocycles. The molecule has 0 saturated carbocycles. The molecule has 2 rings (SSSR count). The molecule has 1 aromatic heterocycles. The first-order valence-corrected chi connectivity index (χ1v) is 7.18. The van der Waals surface area contributed by atoms with E-state index < -0.39 is 10.8 Å². The molecule has 1 atom stereocenters. The molecule has 0 amide bonds. The lowest BCUT2D eigenvalue weighted by Crippen LogP contribution is -2.06. The molecule has 1 unspecified atom stereocenters. The predicted octanol–water partition coefficient (Wildman–Crippen LogP) is 2.50. The van der Waals surface area contributed by atoms with E-state index in [4.69, 9.17) is 17.3 Å². The highest BCUT2D eigenvalue weighted by Crippen LogP contribution is 2.21. The Bertz CT molecular complexity index is 574. The van der Waals surface area contributed by atoms with Crippen molar-refractivity contribution in [2.24, 2.45) is 5.73 Å². The van der Waals surface area contributed by atoms with Crippen molar-refractivity contribution in [3.63, 3.8) is 0 Å². The van der Waals surface area contributed by atoms with E-state index in [9.17, 15) is 4.21 Å². The molecule has 0 aliphatic carbocycles. The maximum atomic E-state index is 12.3. The van der Waals surface area contributed by atoms with Crippen LogP contribution < -0.4 is 5.73 Å². The van der Waals surface area contributed by atoms with Crippen LogP contribution in [-0.2, 0) is 23.1 Å². The van der Waals surface area contributed by atoms with Gasteiger partial charge in [0.1, 0.15) is 0 Å². The fourth-order valence-corrected chi connectivity index (χ4v) is 3.25. The highest BCUT2D eigenvalue weighted by Gasteiger charge is 2.11. The number of hydrogen-bond donors (Lipinski definition) is 1. The second kappa shape index (κ2) is 6.09. The van der Waals surface area contributed by atoms with Gasteiger partial charge in [-0.2, -0.15) is 0 Å². The van der Waals surface area contributed by atoms with E-state index in [0.717, 1.165) is 11.3 Å². The molecule has 0 aliphatic rings. The van der Waals surface area contributed by atoms with Crippen LogP contribution >= 0.6 is 11.6 Å². The summed E-state index contributed by atoms with van der Waals surface area (Å²) in [5, 5.41) is 0.522. The zero-order chi connectivity index (χ0) is 13.0. The van der Waals surface area contributed by atoms with Crippen molar-refractivity contribution in [3.8, 4) is 0 Å². The van der Waals surface area contributed by atoms with Crippen LogP contribution in [0.25, 0.3) is 0 Å². The molecule has 94 valence electrons. The van der Waals surface area contributed by atoms with Crippen LogP contribution in [0.4, 0.5) is 0 Å². The molecule has 0 bridgehead atoms. The van der Waals surface area contributed by atoms with Gasteiger partial charge in [-0.25, -0.2) is 0 Å². The normalized spacial score (nSPS) is 12.3. The van der Waals surface area contributed by atoms with Gasteiger partial charge in [-0.05, 0) is 23.8 Å². The standard InChI is InChI=1S/C13H13ClN2OS/c14-11-5-1-2-6-13(11)18(17)9-10-4-3-7-16-12(10)8-15/h1-7H,8-9,15H2. The Balaban J connectivity index is 2.24. The zero-order valence-electron chi connectivity index (χ0n) is 9.67. The second-order valence-electron chi connectivity index (χ2n) is 3.73. The average Bonchev–Trinajstić information content (AvgIpc) is 2.39. The molecule has 0 spiro atoms. The number of aromatic nitrogens is 1. The Morgan fingerprint density at radius 2 is 2.00 bits per heavy atom. The summed E-state index contributed by atoms with van der Waals surface area (Å²) in [5.41, 5.74) is 7.28. The lowest BCUT2D eigenvalue weighted by atomic mass is 10.2. The minimum Gasteiger partial charge on any atom is -0.325 e. The van der Waals surface area contributed by atoms with Gasteiger partial charge in [-0.1, -0.05) is 29.8 Å². The largest absolute Gasteiger partial charge is 0.325 e. The number of pyridine rings is 1. The van der Waals surface area contributed by atoms with Crippen LogP contribution in [-0.4, -0.2) is 9.19 Å². The molecule has 18 heavy (non-hydrogen) atoms. The Labute approximate surface area is 113 Å². The predicted molar refractivity (Wildman–Crippen MR) is 73.7 cm³/mol. The van der Waals surface area contributed by atoms with Crippen LogP contribution in [0, 0.1) is 0 Å². The van der Waals surface area contributed by atoms with Gasteiger partial charge in [0.25, 0.3) is 0 Å². The van der Waals surface area contributed by atoms with Gasteiger partial charge < -0.3 is 5.73 Å². The molecular formula is C13H13ClN2OS. The van der Waals surface area contributed by atoms with Crippen LogP contribution in [0.1, 0.15) is 11.3 Å². The lowest BCUT2D eigenvalue weighted by Gasteiger charge is -2.07. The second-order valence-corrected chi connectivity index (χ2v) is 5.56. The van der Waals surface area contributed by atoms with Gasteiger partial charge in [0.2, 0.25) is 0 Å². The maximum Gasteiger partial charge on any atom is 0.0590 e. The topological polar surface area (TPSA) is 56.0 Å². The molecule has 2 aromatic rings. The van der Waals surface area contributed by atoms with Gasteiger partial charge in [0, 0.05) is 12.7 Å². The van der Waals surface area contributed by atoms with Crippen LogP contribution in [0.5, 0.6) is 0 Å². The Morgan fingerprint density at radius 1 is 1.22 bits per heavy atom. The van der Waals surface area contributed by atoms with Gasteiger partial charge in [0.05, 0.1) is 32.2 Å². The monoisotopic (exact) mass is 280 g/mol. The minimum absolute atomic E-state index is 0.343. The summed E-state index contributed by atoms with van der Waals surface area (Å²) in [6.45, 7) is 0.343. The van der Waals surface area contributed by atoms with Crippen molar-refractivity contribution < 1.29 is 4.21 Å². The third-order valence-electron chi connectivity index (χ3n) is 2.55. The van der Waals surface area contributed by atoms with Crippen molar-refractivity contribution in [2.75, 3.05) is 0 Å². The summed E-state index contributed by atoms with van der Waals surface area (Å²) in [6.07, 6.45) is 1.68. The number of halogens is 1. The first-order valence-electron chi connectivity index (χ1n) is 5.48. The summed E-state index contributed by atoms with van der Waals surface area (Å²) < 4.78 is 12.3. The lowest BCUT2D eigenvalue weighted by molar-refractivity contribution is 0.682. The van der Waals surface area contributed by atoms with Gasteiger partial charge >= 0.3 is 0 Å². The first kappa shape index (κ1) is 13.2. The molecule has 1 heterocycles. The van der Waals surface area contributed by atoms with Crippen LogP contribution in [0.15, 0.2) is 47.5 Å². The van der Waals surface area contributed by atoms with Crippen molar-refractivity contribution >= 4 is 22.4 Å². The fourth-order valence-electron chi connectivity index (χ4n) is 1.63. The Morgan fingerprint density at radius 3 is 2.72 bits per heavy atom. The van der Waals surface area contributed by atoms with Crippen LogP contribution in [0.3, 0.4) is 0 Å². The molecule has 2 N–H and O–H groups in total. The maximum absolute atomic E-state index is 12.3. The van der Waals surface area contributed by atoms with Gasteiger partial charge in [0.15, 0.2) is 0 Å². The van der Waals surface area contributed by atoms with E-state index >= 15 is 0 Å². The average molecular weight is 281 g/mol. The van der Waals surface area contributed by atoms with E-state index in [1.54, 1.807) is 18.3 Å². The first-order chi connectivity index (χ1) is 8.72. The third-order valence-corrected chi connectivity index (χ3v) is 4.41. The third kappa shape index (κ3) is 2.96. The smallest absolute Gasteiger partial charge is 0.0590 e. The SMILES string of the molecule is NCc1ncccc1CS(=O)c1ccccc1Cl. The van der Waals surface area contributed by atoms with Crippen molar-refractivity contribution in [1.82, 2.24) is 4.98 Å². The molecule has 0 saturated heterocycles. The van der Waals surface area contributed by atoms with Crippen molar-refractivity contribution in [2.45, 2.75) is 17.2 Å². The summed E-state index contributed by atoms with van der Waals surface area (Å²) in [5.74, 6) is 0.379. The number of benzene rings is 1. The van der Waals surface area contributed by atoms with E-state index in [1.807, 2.05) is 24.3 Å². The highest BCUT2D eigenvalue weighted by molar-refractivity contribution is 7.84. The highest BCUT2D eigenvalue weighted by atomic mass is 35.5. The number of nitrogens with zero attached hydrogens (tertiary/aromatic N) is 1. The molecular weight excluding hydrogens is 268 g/mol. The summed E-state index contributed by atoms with van der Waals surface area (Å²) in [7, 11) is -1.19. The Hall–Kier alpha value is -1.23. The van der Waals surface area contributed by atoms with Crippen molar-refractivity contribution in [3.05, 3.63) is 58.9 Å². The number of hydrogen-bond acceptors (Lipinski definition) is 3. The van der Waals surface area contributed by atoms with Gasteiger partial charge in [-0.3, -0.25) is 9.19 Å². The molecule has 0 radical (unpaired) electrons. The van der Waals surface area contributed by atoms with Gasteiger partial charge in [-0.15, -0.1) is 0 Å². The molecule has 0 fully saturated rings. The molecule has 3 nitrogen and oxygen atoms in total. The molecule has 1 aromatic carbocycles. The van der Waals surface area contributed by atoms with E-state index in [2.05, 4.69) is 4.98 Å². The number of nitrogens with two attached hydrogens (primary N) is 1. The summed E-state index contributed by atoms with van der Waals surface area (Å²) in [4.78, 5) is 4.82. The Kier molecular flexibility index (Phi) is 4.47. The number of rotatable bonds is 4. The van der Waals surface area contributed by atoms with E-state index in [1.165, 1.54) is 0 Å².